The van der Waals surface area contributed by atoms with Crippen LogP contribution in [0.25, 0.3) is 0 Å². The first kappa shape index (κ1) is 12.9. The molecule has 0 aliphatic rings. The summed E-state index contributed by atoms with van der Waals surface area (Å²) in [6.45, 7) is 4.14. The smallest absolute Gasteiger partial charge is 0.240 e. The van der Waals surface area contributed by atoms with E-state index < -0.39 is 11.9 Å². The number of amides is 2. The van der Waals surface area contributed by atoms with E-state index in [4.69, 9.17) is 5.73 Å². The first-order chi connectivity index (χ1) is 6.47. The van der Waals surface area contributed by atoms with Crippen LogP contribution in [0.1, 0.15) is 20.3 Å². The van der Waals surface area contributed by atoms with Gasteiger partial charge in [-0.15, -0.1) is 0 Å². The summed E-state index contributed by atoms with van der Waals surface area (Å²) in [7, 11) is 1.67. The molecule has 0 saturated heterocycles. The summed E-state index contributed by atoms with van der Waals surface area (Å²) < 4.78 is 0. The standard InChI is InChI=1S/C9H19N3O2/c1-6(2)4-7(9(10)14)12-8(13)5-11-3/h6-7,11H,4-5H2,1-3H3,(H2,10,14)(H,12,13)/t7-/m0/s1. The lowest BCUT2D eigenvalue weighted by atomic mass is 10.0. The Balaban J connectivity index is 4.09. The summed E-state index contributed by atoms with van der Waals surface area (Å²) >= 11 is 0. The third kappa shape index (κ3) is 5.53. The predicted octanol–water partition coefficient (Wildman–Crippen LogP) is -0.778. The highest BCUT2D eigenvalue weighted by atomic mass is 16.2. The van der Waals surface area contributed by atoms with Crippen LogP contribution in [0.5, 0.6) is 0 Å². The molecule has 0 rings (SSSR count). The monoisotopic (exact) mass is 201 g/mol. The van der Waals surface area contributed by atoms with Crippen LogP contribution in [-0.4, -0.2) is 31.4 Å². The van der Waals surface area contributed by atoms with E-state index in [1.807, 2.05) is 13.8 Å². The van der Waals surface area contributed by atoms with E-state index in [0.717, 1.165) is 0 Å². The third-order valence-corrected chi connectivity index (χ3v) is 1.72. The normalized spacial score (nSPS) is 12.6. The Morgan fingerprint density at radius 3 is 2.29 bits per heavy atom. The van der Waals surface area contributed by atoms with Crippen molar-refractivity contribution in [2.45, 2.75) is 26.3 Å². The minimum atomic E-state index is -0.559. The van der Waals surface area contributed by atoms with Crippen LogP contribution in [0.2, 0.25) is 0 Å². The molecule has 5 heteroatoms. The summed E-state index contributed by atoms with van der Waals surface area (Å²) in [4.78, 5) is 22.1. The Kier molecular flexibility index (Phi) is 5.87. The molecular formula is C9H19N3O2. The van der Waals surface area contributed by atoms with Crippen LogP contribution in [-0.2, 0) is 9.59 Å². The molecule has 0 unspecified atom stereocenters. The van der Waals surface area contributed by atoms with E-state index in [-0.39, 0.29) is 12.5 Å². The number of hydrogen-bond donors (Lipinski definition) is 3. The molecule has 4 N–H and O–H groups in total. The van der Waals surface area contributed by atoms with E-state index in [2.05, 4.69) is 10.6 Å². The average molecular weight is 201 g/mol. The predicted molar refractivity (Wildman–Crippen MR) is 54.5 cm³/mol. The van der Waals surface area contributed by atoms with Crippen LogP contribution in [0, 0.1) is 5.92 Å². The fraction of sp³-hybridized carbons (Fsp3) is 0.778. The molecule has 0 fully saturated rings. The molecule has 0 bridgehead atoms. The summed E-state index contributed by atoms with van der Waals surface area (Å²) in [6.07, 6.45) is 0.574. The van der Waals surface area contributed by atoms with Crippen LogP contribution >= 0.6 is 0 Å². The zero-order chi connectivity index (χ0) is 11.1. The van der Waals surface area contributed by atoms with Crippen molar-refractivity contribution >= 4 is 11.8 Å². The number of likely N-dealkylation sites (N-methyl/N-ethyl adjacent to an activating group) is 1. The third-order valence-electron chi connectivity index (χ3n) is 1.72. The molecule has 0 aromatic carbocycles. The zero-order valence-electron chi connectivity index (χ0n) is 8.96. The maximum absolute atomic E-state index is 11.2. The number of nitrogens with one attached hydrogen (secondary N) is 2. The molecule has 0 aliphatic heterocycles. The van der Waals surface area contributed by atoms with Crippen molar-refractivity contribution in [3.8, 4) is 0 Å². The van der Waals surface area contributed by atoms with Crippen molar-refractivity contribution in [2.75, 3.05) is 13.6 Å². The fourth-order valence-electron chi connectivity index (χ4n) is 1.12. The van der Waals surface area contributed by atoms with Gasteiger partial charge in [0.15, 0.2) is 0 Å². The quantitative estimate of drug-likeness (QED) is 0.527. The lowest BCUT2D eigenvalue weighted by molar-refractivity contribution is -0.127. The van der Waals surface area contributed by atoms with Gasteiger partial charge in [-0.05, 0) is 19.4 Å². The van der Waals surface area contributed by atoms with Gasteiger partial charge in [0.1, 0.15) is 6.04 Å². The summed E-state index contributed by atoms with van der Waals surface area (Å²) in [5.74, 6) is -0.373. The van der Waals surface area contributed by atoms with E-state index in [0.29, 0.717) is 12.3 Å². The Morgan fingerprint density at radius 2 is 1.93 bits per heavy atom. The summed E-state index contributed by atoms with van der Waals surface area (Å²) in [6, 6.07) is -0.559. The first-order valence-corrected chi connectivity index (χ1v) is 4.70. The van der Waals surface area contributed by atoms with Crippen LogP contribution in [0.4, 0.5) is 0 Å². The maximum Gasteiger partial charge on any atom is 0.240 e. The molecule has 5 nitrogen and oxygen atoms in total. The Morgan fingerprint density at radius 1 is 1.36 bits per heavy atom. The van der Waals surface area contributed by atoms with E-state index in [1.54, 1.807) is 7.05 Å². The van der Waals surface area contributed by atoms with Gasteiger partial charge in [0.05, 0.1) is 6.54 Å². The lowest BCUT2D eigenvalue weighted by Crippen LogP contribution is -2.47. The number of primary amides is 1. The topological polar surface area (TPSA) is 84.2 Å². The zero-order valence-corrected chi connectivity index (χ0v) is 8.96. The highest BCUT2D eigenvalue weighted by molar-refractivity contribution is 5.87. The number of carbonyl (C=O) groups is 2. The summed E-state index contributed by atoms with van der Waals surface area (Å²) in [5, 5.41) is 5.27. The SMILES string of the molecule is CNCC(=O)N[C@@H](CC(C)C)C(N)=O. The Labute approximate surface area is 84.4 Å². The molecule has 0 saturated carbocycles. The molecule has 2 amide bonds. The van der Waals surface area contributed by atoms with Crippen molar-refractivity contribution in [1.82, 2.24) is 10.6 Å². The van der Waals surface area contributed by atoms with Gasteiger partial charge in [0.2, 0.25) is 11.8 Å². The van der Waals surface area contributed by atoms with Gasteiger partial charge in [-0.2, -0.15) is 0 Å². The number of hydrogen-bond acceptors (Lipinski definition) is 3. The van der Waals surface area contributed by atoms with E-state index in [9.17, 15) is 9.59 Å². The van der Waals surface area contributed by atoms with Gasteiger partial charge in [-0.3, -0.25) is 9.59 Å². The fourth-order valence-corrected chi connectivity index (χ4v) is 1.12. The molecule has 0 aliphatic carbocycles. The van der Waals surface area contributed by atoms with Crippen molar-refractivity contribution in [3.05, 3.63) is 0 Å². The highest BCUT2D eigenvalue weighted by Gasteiger charge is 2.18. The van der Waals surface area contributed by atoms with Crippen LogP contribution in [0.3, 0.4) is 0 Å². The van der Waals surface area contributed by atoms with Crippen LogP contribution < -0.4 is 16.4 Å². The minimum absolute atomic E-state index is 0.196. The number of nitrogens with two attached hydrogens (primary N) is 1. The van der Waals surface area contributed by atoms with Crippen molar-refractivity contribution in [1.29, 1.82) is 0 Å². The highest BCUT2D eigenvalue weighted by Crippen LogP contribution is 2.03. The van der Waals surface area contributed by atoms with E-state index in [1.165, 1.54) is 0 Å². The Hall–Kier alpha value is -1.10. The lowest BCUT2D eigenvalue weighted by Gasteiger charge is -2.17. The van der Waals surface area contributed by atoms with Crippen molar-refractivity contribution < 1.29 is 9.59 Å². The van der Waals surface area contributed by atoms with Gasteiger partial charge in [-0.1, -0.05) is 13.8 Å². The first-order valence-electron chi connectivity index (χ1n) is 4.70. The second-order valence-electron chi connectivity index (χ2n) is 3.68. The molecule has 0 aromatic rings. The van der Waals surface area contributed by atoms with Gasteiger partial charge >= 0.3 is 0 Å². The second-order valence-corrected chi connectivity index (χ2v) is 3.68. The molecule has 0 radical (unpaired) electrons. The maximum atomic E-state index is 11.2. The number of carbonyl (C=O) groups excluding carboxylic acids is 2. The van der Waals surface area contributed by atoms with Crippen molar-refractivity contribution in [3.63, 3.8) is 0 Å². The molecule has 0 heterocycles. The van der Waals surface area contributed by atoms with Crippen LogP contribution in [0.15, 0.2) is 0 Å². The number of rotatable bonds is 6. The van der Waals surface area contributed by atoms with Gasteiger partial charge in [-0.25, -0.2) is 0 Å². The molecule has 14 heavy (non-hydrogen) atoms. The molecular weight excluding hydrogens is 182 g/mol. The van der Waals surface area contributed by atoms with Gasteiger partial charge in [0.25, 0.3) is 0 Å². The minimum Gasteiger partial charge on any atom is -0.368 e. The second kappa shape index (κ2) is 6.37. The largest absolute Gasteiger partial charge is 0.368 e. The van der Waals surface area contributed by atoms with Crippen molar-refractivity contribution in [2.24, 2.45) is 11.7 Å². The van der Waals surface area contributed by atoms with E-state index >= 15 is 0 Å². The Bertz CT molecular complexity index is 204. The van der Waals surface area contributed by atoms with Gasteiger partial charge < -0.3 is 16.4 Å². The average Bonchev–Trinajstić information content (AvgIpc) is 2.02. The van der Waals surface area contributed by atoms with Gasteiger partial charge in [0, 0.05) is 0 Å². The molecule has 0 spiro atoms. The molecule has 82 valence electrons. The molecule has 0 aromatic heterocycles. The summed E-state index contributed by atoms with van der Waals surface area (Å²) in [5.41, 5.74) is 5.16. The molecule has 1 atom stereocenters.